The highest BCUT2D eigenvalue weighted by molar-refractivity contribution is 14.1. The van der Waals surface area contributed by atoms with Gasteiger partial charge in [-0.25, -0.2) is 0 Å². The number of hydrogen-bond acceptors (Lipinski definition) is 2. The topological polar surface area (TPSA) is 6.48 Å². The summed E-state index contributed by atoms with van der Waals surface area (Å²) in [6, 6.07) is 0. The summed E-state index contributed by atoms with van der Waals surface area (Å²) in [4.78, 5) is 4.43. The molecule has 1 aliphatic rings. The molecule has 0 aromatic carbocycles. The third kappa shape index (κ3) is 1.15. The van der Waals surface area contributed by atoms with Crippen molar-refractivity contribution in [1.82, 2.24) is 9.80 Å². The van der Waals surface area contributed by atoms with Crippen molar-refractivity contribution in [3.63, 3.8) is 0 Å². The van der Waals surface area contributed by atoms with Crippen LogP contribution in [0.5, 0.6) is 0 Å². The minimum atomic E-state index is 0.502. The minimum absolute atomic E-state index is 0.502. The van der Waals surface area contributed by atoms with E-state index in [-0.39, 0.29) is 0 Å². The van der Waals surface area contributed by atoms with E-state index in [0.29, 0.717) is 4.17 Å². The maximum Gasteiger partial charge on any atom is 0.154 e. The van der Waals surface area contributed by atoms with Crippen LogP contribution in [0.15, 0.2) is 11.9 Å². The first kappa shape index (κ1) is 7.18. The second-order valence-electron chi connectivity index (χ2n) is 2.36. The first-order chi connectivity index (χ1) is 4.13. The van der Waals surface area contributed by atoms with Crippen molar-refractivity contribution in [3.8, 4) is 0 Å². The summed E-state index contributed by atoms with van der Waals surface area (Å²) in [6.45, 7) is 2.12. The summed E-state index contributed by atoms with van der Waals surface area (Å²) in [5, 5.41) is 0. The van der Waals surface area contributed by atoms with Gasteiger partial charge in [0.25, 0.3) is 0 Å². The van der Waals surface area contributed by atoms with E-state index in [1.54, 1.807) is 0 Å². The fraction of sp³-hybridized carbons (Fsp3) is 0.667. The highest BCUT2D eigenvalue weighted by atomic mass is 127. The Bertz CT molecular complexity index is 144. The van der Waals surface area contributed by atoms with Crippen LogP contribution in [0.4, 0.5) is 0 Å². The van der Waals surface area contributed by atoms with Crippen molar-refractivity contribution in [2.45, 2.75) is 11.1 Å². The molecule has 0 fully saturated rings. The molecule has 1 heterocycles. The summed E-state index contributed by atoms with van der Waals surface area (Å²) in [6.07, 6.45) is 2.15. The van der Waals surface area contributed by atoms with Gasteiger partial charge >= 0.3 is 0 Å². The van der Waals surface area contributed by atoms with Gasteiger partial charge < -0.3 is 9.80 Å². The van der Waals surface area contributed by atoms with Gasteiger partial charge in [-0.2, -0.15) is 0 Å². The minimum Gasteiger partial charge on any atom is -0.351 e. The second kappa shape index (κ2) is 2.36. The molecule has 0 aliphatic carbocycles. The Balaban J connectivity index is 2.70. The molecule has 0 saturated heterocycles. The Kier molecular flexibility index (Phi) is 1.88. The van der Waals surface area contributed by atoms with Crippen LogP contribution in [0.2, 0.25) is 0 Å². The Labute approximate surface area is 69.7 Å². The number of allylic oxidation sites excluding steroid dienone is 1. The maximum atomic E-state index is 2.40. The third-order valence-corrected chi connectivity index (χ3v) is 3.32. The van der Waals surface area contributed by atoms with Crippen LogP contribution in [0, 0.1) is 0 Å². The average molecular weight is 238 g/mol. The second-order valence-corrected chi connectivity index (χ2v) is 3.47. The zero-order chi connectivity index (χ0) is 7.02. The zero-order valence-corrected chi connectivity index (χ0v) is 8.08. The van der Waals surface area contributed by atoms with Gasteiger partial charge in [-0.3, -0.25) is 0 Å². The predicted octanol–water partition coefficient (Wildman–Crippen LogP) is 1.44. The first-order valence-corrected chi connectivity index (χ1v) is 4.15. The summed E-state index contributed by atoms with van der Waals surface area (Å²) >= 11 is 2.40. The van der Waals surface area contributed by atoms with E-state index in [2.05, 4.69) is 59.6 Å². The standard InChI is InChI=1S/C6H11IN2/c1-5-4-8(2)6(7)9(5)3/h4,6H,1-3H3. The van der Waals surface area contributed by atoms with E-state index in [9.17, 15) is 0 Å². The lowest BCUT2D eigenvalue weighted by atomic mass is 10.5. The van der Waals surface area contributed by atoms with Crippen LogP contribution in [0.1, 0.15) is 6.92 Å². The largest absolute Gasteiger partial charge is 0.351 e. The van der Waals surface area contributed by atoms with Gasteiger partial charge in [0.1, 0.15) is 0 Å². The summed E-state index contributed by atoms with van der Waals surface area (Å²) < 4.78 is 0.502. The van der Waals surface area contributed by atoms with Gasteiger partial charge in [0.05, 0.1) is 0 Å². The molecule has 9 heavy (non-hydrogen) atoms. The number of nitrogens with zero attached hydrogens (tertiary/aromatic N) is 2. The third-order valence-electron chi connectivity index (χ3n) is 1.60. The Hall–Kier alpha value is 0.0700. The molecule has 0 N–H and O–H groups in total. The molecule has 2 nitrogen and oxygen atoms in total. The Morgan fingerprint density at radius 1 is 1.56 bits per heavy atom. The van der Waals surface area contributed by atoms with Crippen molar-refractivity contribution in [2.24, 2.45) is 0 Å². The van der Waals surface area contributed by atoms with Crippen LogP contribution in [-0.4, -0.2) is 28.1 Å². The molecule has 1 atom stereocenters. The molecule has 1 aliphatic heterocycles. The highest BCUT2D eigenvalue weighted by Gasteiger charge is 2.20. The van der Waals surface area contributed by atoms with Crippen LogP contribution < -0.4 is 0 Å². The normalized spacial score (nSPS) is 27.1. The van der Waals surface area contributed by atoms with Crippen LogP contribution in [0.3, 0.4) is 0 Å². The number of hydrogen-bond donors (Lipinski definition) is 0. The lowest BCUT2D eigenvalue weighted by molar-refractivity contribution is 0.307. The van der Waals surface area contributed by atoms with Crippen molar-refractivity contribution in [1.29, 1.82) is 0 Å². The Morgan fingerprint density at radius 3 is 2.22 bits per heavy atom. The molecular formula is C6H11IN2. The van der Waals surface area contributed by atoms with Crippen LogP contribution in [-0.2, 0) is 0 Å². The number of rotatable bonds is 0. The van der Waals surface area contributed by atoms with Gasteiger partial charge in [0, 0.05) is 26.0 Å². The van der Waals surface area contributed by atoms with E-state index in [4.69, 9.17) is 0 Å². The van der Waals surface area contributed by atoms with E-state index in [1.807, 2.05) is 0 Å². The Morgan fingerprint density at radius 2 is 2.11 bits per heavy atom. The van der Waals surface area contributed by atoms with Crippen LogP contribution >= 0.6 is 22.6 Å². The fourth-order valence-electron chi connectivity index (χ4n) is 0.889. The van der Waals surface area contributed by atoms with Crippen molar-refractivity contribution >= 4 is 22.6 Å². The molecule has 0 aromatic rings. The van der Waals surface area contributed by atoms with E-state index in [1.165, 1.54) is 5.70 Å². The maximum absolute atomic E-state index is 2.40. The smallest absolute Gasteiger partial charge is 0.154 e. The molecule has 1 rings (SSSR count). The van der Waals surface area contributed by atoms with Gasteiger partial charge in [0.15, 0.2) is 4.17 Å². The van der Waals surface area contributed by atoms with Crippen molar-refractivity contribution < 1.29 is 0 Å². The summed E-state index contributed by atoms with van der Waals surface area (Å²) in [5.74, 6) is 0. The summed E-state index contributed by atoms with van der Waals surface area (Å²) in [5.41, 5.74) is 1.33. The molecule has 0 amide bonds. The van der Waals surface area contributed by atoms with Crippen molar-refractivity contribution in [3.05, 3.63) is 11.9 Å². The quantitative estimate of drug-likeness (QED) is 0.358. The zero-order valence-electron chi connectivity index (χ0n) is 5.93. The van der Waals surface area contributed by atoms with Gasteiger partial charge in [-0.1, -0.05) is 0 Å². The molecular weight excluding hydrogens is 227 g/mol. The molecule has 0 aromatic heterocycles. The lowest BCUT2D eigenvalue weighted by Gasteiger charge is -2.22. The SMILES string of the molecule is CC1=CN(C)C(I)N1C. The van der Waals surface area contributed by atoms with Gasteiger partial charge in [0.2, 0.25) is 0 Å². The van der Waals surface area contributed by atoms with E-state index >= 15 is 0 Å². The van der Waals surface area contributed by atoms with Crippen molar-refractivity contribution in [2.75, 3.05) is 14.1 Å². The monoisotopic (exact) mass is 238 g/mol. The average Bonchev–Trinajstić information content (AvgIpc) is 1.98. The molecule has 0 saturated carbocycles. The predicted molar refractivity (Wildman–Crippen MR) is 47.1 cm³/mol. The lowest BCUT2D eigenvalue weighted by Crippen LogP contribution is -2.28. The molecule has 0 bridgehead atoms. The van der Waals surface area contributed by atoms with Gasteiger partial charge in [-0.15, -0.1) is 0 Å². The molecule has 0 spiro atoms. The highest BCUT2D eigenvalue weighted by Crippen LogP contribution is 2.22. The first-order valence-electron chi connectivity index (χ1n) is 2.90. The molecule has 52 valence electrons. The number of halogens is 1. The summed E-state index contributed by atoms with van der Waals surface area (Å²) in [7, 11) is 4.19. The molecule has 0 radical (unpaired) electrons. The fourth-order valence-corrected chi connectivity index (χ4v) is 1.49. The van der Waals surface area contributed by atoms with E-state index in [0.717, 1.165) is 0 Å². The van der Waals surface area contributed by atoms with Gasteiger partial charge in [-0.05, 0) is 29.5 Å². The van der Waals surface area contributed by atoms with Crippen LogP contribution in [0.25, 0.3) is 0 Å². The molecule has 1 unspecified atom stereocenters. The van der Waals surface area contributed by atoms with E-state index < -0.39 is 0 Å². The number of alkyl halides is 1. The molecule has 3 heteroatoms.